The Morgan fingerprint density at radius 2 is 1.86 bits per heavy atom. The molecule has 0 radical (unpaired) electrons. The summed E-state index contributed by atoms with van der Waals surface area (Å²) in [6.07, 6.45) is 2.99. The first-order chi connectivity index (χ1) is 13.2. The lowest BCUT2D eigenvalue weighted by Gasteiger charge is -2.18. The molecule has 0 aliphatic carbocycles. The van der Waals surface area contributed by atoms with Gasteiger partial charge in [0.15, 0.2) is 9.84 Å². The average Bonchev–Trinajstić information content (AvgIpc) is 3.20. The highest BCUT2D eigenvalue weighted by molar-refractivity contribution is 7.93. The Morgan fingerprint density at radius 3 is 2.50 bits per heavy atom. The van der Waals surface area contributed by atoms with Gasteiger partial charge in [-0.15, -0.1) is 11.3 Å². The number of hydrogen-bond acceptors (Lipinski definition) is 6. The summed E-state index contributed by atoms with van der Waals surface area (Å²) in [5.74, 6) is 0. The second-order valence-corrected chi connectivity index (χ2v) is 11.4. The molecule has 3 rings (SSSR count). The van der Waals surface area contributed by atoms with E-state index in [1.165, 1.54) is 12.3 Å². The molecule has 0 fully saturated rings. The summed E-state index contributed by atoms with van der Waals surface area (Å²) < 4.78 is 54.6. The van der Waals surface area contributed by atoms with Crippen molar-refractivity contribution in [3.63, 3.8) is 0 Å². The molecule has 1 atom stereocenters. The van der Waals surface area contributed by atoms with Gasteiger partial charge in [0.1, 0.15) is 9.46 Å². The maximum atomic E-state index is 13.1. The fraction of sp³-hybridized carbons (Fsp3) is 0.211. The second-order valence-electron chi connectivity index (χ2n) is 6.37. The van der Waals surface area contributed by atoms with Crippen LogP contribution in [-0.4, -0.2) is 28.4 Å². The monoisotopic (exact) mass is 436 g/mol. The summed E-state index contributed by atoms with van der Waals surface area (Å²) in [4.78, 5) is 4.13. The van der Waals surface area contributed by atoms with Crippen molar-refractivity contribution in [2.24, 2.45) is 0 Å². The van der Waals surface area contributed by atoms with Crippen LogP contribution in [0.25, 0.3) is 0 Å². The molecule has 0 aliphatic heterocycles. The maximum Gasteiger partial charge on any atom is 0.240 e. The van der Waals surface area contributed by atoms with Gasteiger partial charge in [0.25, 0.3) is 0 Å². The van der Waals surface area contributed by atoms with Crippen molar-refractivity contribution in [1.82, 2.24) is 9.71 Å². The zero-order valence-electron chi connectivity index (χ0n) is 15.4. The highest BCUT2D eigenvalue weighted by Crippen LogP contribution is 2.31. The van der Waals surface area contributed by atoms with Crippen LogP contribution in [0.2, 0.25) is 0 Å². The van der Waals surface area contributed by atoms with E-state index in [4.69, 9.17) is 0 Å². The minimum Gasteiger partial charge on any atom is -0.264 e. The first kappa shape index (κ1) is 20.7. The molecule has 1 unspecified atom stereocenters. The van der Waals surface area contributed by atoms with Gasteiger partial charge in [-0.2, -0.15) is 0 Å². The highest BCUT2D eigenvalue weighted by atomic mass is 32.2. The quantitative estimate of drug-likeness (QED) is 0.614. The van der Waals surface area contributed by atoms with E-state index < -0.39 is 25.1 Å². The normalized spacial score (nSPS) is 13.4. The molecular formula is C19H20N2O4S3. The van der Waals surface area contributed by atoms with Crippen molar-refractivity contribution in [3.05, 3.63) is 76.9 Å². The van der Waals surface area contributed by atoms with Crippen LogP contribution in [0.1, 0.15) is 21.9 Å². The number of rotatable bonds is 7. The Bertz CT molecular complexity index is 1160. The Hall–Kier alpha value is -2.07. The molecule has 0 bridgehead atoms. The van der Waals surface area contributed by atoms with Crippen molar-refractivity contribution in [3.8, 4) is 0 Å². The number of nitrogens with one attached hydrogen (secondary N) is 1. The van der Waals surface area contributed by atoms with Gasteiger partial charge in [0.05, 0.1) is 4.90 Å². The molecule has 148 valence electrons. The molecule has 2 heterocycles. The van der Waals surface area contributed by atoms with Crippen LogP contribution in [0, 0.1) is 13.8 Å². The van der Waals surface area contributed by atoms with Gasteiger partial charge in [-0.25, -0.2) is 21.6 Å². The molecule has 28 heavy (non-hydrogen) atoms. The van der Waals surface area contributed by atoms with Crippen LogP contribution in [0.4, 0.5) is 0 Å². The molecule has 0 spiro atoms. The molecule has 2 aromatic heterocycles. The minimum atomic E-state index is -3.88. The van der Waals surface area contributed by atoms with Crippen LogP contribution in [-0.2, 0) is 19.9 Å². The van der Waals surface area contributed by atoms with Crippen LogP contribution in [0.3, 0.4) is 0 Å². The Labute approximate surface area is 169 Å². The zero-order valence-corrected chi connectivity index (χ0v) is 17.8. The molecule has 1 N–H and O–H groups in total. The van der Waals surface area contributed by atoms with Gasteiger partial charge in [0, 0.05) is 18.9 Å². The standard InChI is InChI=1S/C19H20N2O4S3/c1-14-7-8-15(2)17(11-14)28(24,25)21-13-18(16-5-3-9-20-12-16)27(22,23)19-6-4-10-26-19/h3-12,18,21H,13H2,1-2H3. The van der Waals surface area contributed by atoms with E-state index >= 15 is 0 Å². The summed E-state index contributed by atoms with van der Waals surface area (Å²) in [7, 11) is -7.66. The third kappa shape index (κ3) is 4.33. The molecule has 6 nitrogen and oxygen atoms in total. The summed E-state index contributed by atoms with van der Waals surface area (Å²) >= 11 is 1.10. The van der Waals surface area contributed by atoms with Crippen molar-refractivity contribution in [2.45, 2.75) is 28.2 Å². The highest BCUT2D eigenvalue weighted by Gasteiger charge is 2.32. The van der Waals surface area contributed by atoms with Gasteiger partial charge in [-0.05, 0) is 54.1 Å². The number of sulfone groups is 1. The van der Waals surface area contributed by atoms with Crippen molar-refractivity contribution in [2.75, 3.05) is 6.54 Å². The molecule has 0 saturated carbocycles. The molecule has 0 saturated heterocycles. The van der Waals surface area contributed by atoms with Gasteiger partial charge < -0.3 is 0 Å². The number of aromatic nitrogens is 1. The summed E-state index contributed by atoms with van der Waals surface area (Å²) in [5, 5.41) is 0.590. The predicted molar refractivity (Wildman–Crippen MR) is 110 cm³/mol. The van der Waals surface area contributed by atoms with Gasteiger partial charge in [0.2, 0.25) is 10.0 Å². The molecule has 0 amide bonds. The Morgan fingerprint density at radius 1 is 1.07 bits per heavy atom. The number of sulfonamides is 1. The number of aryl methyl sites for hydroxylation is 2. The van der Waals surface area contributed by atoms with Crippen molar-refractivity contribution >= 4 is 31.2 Å². The lowest BCUT2D eigenvalue weighted by molar-refractivity contribution is 0.569. The first-order valence-electron chi connectivity index (χ1n) is 8.46. The molecule has 1 aromatic carbocycles. The smallest absolute Gasteiger partial charge is 0.240 e. The molecular weight excluding hydrogens is 416 g/mol. The van der Waals surface area contributed by atoms with Gasteiger partial charge in [-0.3, -0.25) is 4.98 Å². The van der Waals surface area contributed by atoms with Crippen LogP contribution in [0.5, 0.6) is 0 Å². The van der Waals surface area contributed by atoms with E-state index in [0.29, 0.717) is 11.1 Å². The Balaban J connectivity index is 1.96. The Kier molecular flexibility index (Phi) is 5.99. The maximum absolute atomic E-state index is 13.1. The number of pyridine rings is 1. The number of nitrogens with zero attached hydrogens (tertiary/aromatic N) is 1. The van der Waals surface area contributed by atoms with Crippen molar-refractivity contribution in [1.29, 1.82) is 0 Å². The van der Waals surface area contributed by atoms with Gasteiger partial charge >= 0.3 is 0 Å². The third-order valence-electron chi connectivity index (χ3n) is 4.30. The van der Waals surface area contributed by atoms with E-state index in [9.17, 15) is 16.8 Å². The lowest BCUT2D eigenvalue weighted by atomic mass is 10.2. The fourth-order valence-electron chi connectivity index (χ4n) is 2.80. The van der Waals surface area contributed by atoms with Crippen LogP contribution in [0.15, 0.2) is 69.3 Å². The predicted octanol–water partition coefficient (Wildman–Crippen LogP) is 3.25. The topological polar surface area (TPSA) is 93.2 Å². The second kappa shape index (κ2) is 8.12. The van der Waals surface area contributed by atoms with Crippen LogP contribution >= 0.6 is 11.3 Å². The molecule has 0 aliphatic rings. The van der Waals surface area contributed by atoms with E-state index in [1.807, 2.05) is 6.07 Å². The first-order valence-corrected chi connectivity index (χ1v) is 12.4. The van der Waals surface area contributed by atoms with E-state index in [0.717, 1.165) is 16.9 Å². The van der Waals surface area contributed by atoms with Gasteiger partial charge in [-0.1, -0.05) is 24.3 Å². The largest absolute Gasteiger partial charge is 0.264 e. The number of hydrogen-bond donors (Lipinski definition) is 1. The third-order valence-corrected chi connectivity index (χ3v) is 9.40. The fourth-order valence-corrected chi connectivity index (χ4v) is 7.13. The van der Waals surface area contributed by atoms with E-state index in [2.05, 4.69) is 9.71 Å². The zero-order chi connectivity index (χ0) is 20.4. The van der Waals surface area contributed by atoms with Crippen LogP contribution < -0.4 is 4.72 Å². The summed E-state index contributed by atoms with van der Waals surface area (Å²) in [5.41, 5.74) is 1.83. The molecule has 3 aromatic rings. The molecule has 9 heteroatoms. The SMILES string of the molecule is Cc1ccc(C)c(S(=O)(=O)NCC(c2cccnc2)S(=O)(=O)c2cccs2)c1. The lowest BCUT2D eigenvalue weighted by Crippen LogP contribution is -2.32. The number of thiophene rings is 1. The summed E-state index contributed by atoms with van der Waals surface area (Å²) in [6, 6.07) is 11.6. The van der Waals surface area contributed by atoms with E-state index in [1.54, 1.807) is 55.8 Å². The minimum absolute atomic E-state index is 0.144. The summed E-state index contributed by atoms with van der Waals surface area (Å²) in [6.45, 7) is 3.22. The van der Waals surface area contributed by atoms with E-state index in [-0.39, 0.29) is 15.6 Å². The average molecular weight is 437 g/mol. The van der Waals surface area contributed by atoms with Crippen molar-refractivity contribution < 1.29 is 16.8 Å². The number of benzene rings is 1.